The van der Waals surface area contributed by atoms with Crippen molar-refractivity contribution >= 4 is 33.5 Å². The number of hydrogen-bond donors (Lipinski definition) is 1. The van der Waals surface area contributed by atoms with E-state index >= 15 is 0 Å². The molecule has 0 spiro atoms. The molecule has 7 heteroatoms. The molecule has 5 nitrogen and oxygen atoms in total. The smallest absolute Gasteiger partial charge is 0.340 e. The number of benzene rings is 1. The Morgan fingerprint density at radius 3 is 2.77 bits per heavy atom. The first-order valence-corrected chi connectivity index (χ1v) is 7.13. The third-order valence-corrected chi connectivity index (χ3v) is 3.23. The second kappa shape index (κ2) is 7.13. The van der Waals surface area contributed by atoms with Crippen molar-refractivity contribution < 1.29 is 18.7 Å². The SMILES string of the molecule is CC(OC(=O)c1cccnc1)C(=O)Nc1ccc(Br)cc1F. The zero-order valence-electron chi connectivity index (χ0n) is 11.5. The lowest BCUT2D eigenvalue weighted by atomic mass is 10.2. The summed E-state index contributed by atoms with van der Waals surface area (Å²) in [5.41, 5.74) is 0.245. The van der Waals surface area contributed by atoms with Gasteiger partial charge < -0.3 is 10.1 Å². The van der Waals surface area contributed by atoms with Gasteiger partial charge in [-0.05, 0) is 37.3 Å². The summed E-state index contributed by atoms with van der Waals surface area (Å²) in [6.45, 7) is 1.40. The minimum atomic E-state index is -1.07. The Hall–Kier alpha value is -2.28. The number of halogens is 2. The third-order valence-electron chi connectivity index (χ3n) is 2.74. The molecule has 0 fully saturated rings. The van der Waals surface area contributed by atoms with Crippen LogP contribution < -0.4 is 5.32 Å². The summed E-state index contributed by atoms with van der Waals surface area (Å²) >= 11 is 3.12. The molecule has 0 saturated carbocycles. The van der Waals surface area contributed by atoms with E-state index in [4.69, 9.17) is 4.74 Å². The molecule has 2 aromatic rings. The lowest BCUT2D eigenvalue weighted by Gasteiger charge is -2.14. The number of esters is 1. The van der Waals surface area contributed by atoms with Gasteiger partial charge in [-0.1, -0.05) is 15.9 Å². The maximum atomic E-state index is 13.6. The molecule has 1 aromatic carbocycles. The number of anilines is 1. The van der Waals surface area contributed by atoms with Gasteiger partial charge in [0.25, 0.3) is 5.91 Å². The molecule has 0 radical (unpaired) electrons. The monoisotopic (exact) mass is 366 g/mol. The minimum absolute atomic E-state index is 0.0116. The van der Waals surface area contributed by atoms with Gasteiger partial charge in [-0.3, -0.25) is 9.78 Å². The van der Waals surface area contributed by atoms with Gasteiger partial charge in [-0.15, -0.1) is 0 Å². The van der Waals surface area contributed by atoms with Gasteiger partial charge in [-0.25, -0.2) is 9.18 Å². The Balaban J connectivity index is 1.99. The molecule has 0 bridgehead atoms. The first kappa shape index (κ1) is 16.1. The quantitative estimate of drug-likeness (QED) is 0.843. The second-order valence-electron chi connectivity index (χ2n) is 4.40. The van der Waals surface area contributed by atoms with Crippen molar-refractivity contribution in [3.05, 3.63) is 58.6 Å². The van der Waals surface area contributed by atoms with Crippen LogP contribution in [0, 0.1) is 5.82 Å². The number of hydrogen-bond acceptors (Lipinski definition) is 4. The van der Waals surface area contributed by atoms with Crippen LogP contribution in [0.15, 0.2) is 47.2 Å². The van der Waals surface area contributed by atoms with Crippen LogP contribution in [0.4, 0.5) is 10.1 Å². The zero-order chi connectivity index (χ0) is 16.1. The number of pyridine rings is 1. The van der Waals surface area contributed by atoms with Gasteiger partial charge in [0.15, 0.2) is 6.10 Å². The average molecular weight is 367 g/mol. The molecule has 1 heterocycles. The summed E-state index contributed by atoms with van der Waals surface area (Å²) in [6.07, 6.45) is 1.78. The molecule has 22 heavy (non-hydrogen) atoms. The maximum Gasteiger partial charge on any atom is 0.340 e. The van der Waals surface area contributed by atoms with E-state index in [-0.39, 0.29) is 11.3 Å². The van der Waals surface area contributed by atoms with Crippen molar-refractivity contribution in [2.75, 3.05) is 5.32 Å². The van der Waals surface area contributed by atoms with Crippen LogP contribution in [0.1, 0.15) is 17.3 Å². The molecular weight excluding hydrogens is 355 g/mol. The van der Waals surface area contributed by atoms with Gasteiger partial charge >= 0.3 is 5.97 Å². The van der Waals surface area contributed by atoms with Gasteiger partial charge in [0.2, 0.25) is 0 Å². The predicted molar refractivity (Wildman–Crippen MR) is 81.8 cm³/mol. The van der Waals surface area contributed by atoms with E-state index in [1.807, 2.05) is 0 Å². The van der Waals surface area contributed by atoms with E-state index in [1.165, 1.54) is 37.5 Å². The summed E-state index contributed by atoms with van der Waals surface area (Å²) < 4.78 is 19.2. The molecule has 1 unspecified atom stereocenters. The molecule has 1 amide bonds. The van der Waals surface area contributed by atoms with Crippen LogP contribution in [0.5, 0.6) is 0 Å². The Kier molecular flexibility index (Phi) is 5.21. The highest BCUT2D eigenvalue weighted by atomic mass is 79.9. The normalized spacial score (nSPS) is 11.6. The number of ether oxygens (including phenoxy) is 1. The van der Waals surface area contributed by atoms with E-state index in [2.05, 4.69) is 26.2 Å². The van der Waals surface area contributed by atoms with E-state index in [0.29, 0.717) is 4.47 Å². The van der Waals surface area contributed by atoms with Crippen molar-refractivity contribution in [2.45, 2.75) is 13.0 Å². The first-order valence-electron chi connectivity index (χ1n) is 6.34. The molecule has 1 atom stereocenters. The van der Waals surface area contributed by atoms with Gasteiger partial charge in [0.05, 0.1) is 11.3 Å². The Bertz CT molecular complexity index is 694. The number of rotatable bonds is 4. The molecule has 0 aliphatic rings. The van der Waals surface area contributed by atoms with Gasteiger partial charge in [-0.2, -0.15) is 0 Å². The molecule has 1 N–H and O–H groups in total. The third kappa shape index (κ3) is 4.11. The van der Waals surface area contributed by atoms with E-state index in [0.717, 1.165) is 0 Å². The second-order valence-corrected chi connectivity index (χ2v) is 5.32. The fourth-order valence-corrected chi connectivity index (χ4v) is 1.92. The predicted octanol–water partition coefficient (Wildman–Crippen LogP) is 3.17. The number of aromatic nitrogens is 1. The summed E-state index contributed by atoms with van der Waals surface area (Å²) in [5.74, 6) is -1.89. The summed E-state index contributed by atoms with van der Waals surface area (Å²) in [5, 5.41) is 2.37. The zero-order valence-corrected chi connectivity index (χ0v) is 13.1. The summed E-state index contributed by atoms with van der Waals surface area (Å²) in [4.78, 5) is 27.5. The van der Waals surface area contributed by atoms with Crippen LogP contribution >= 0.6 is 15.9 Å². The van der Waals surface area contributed by atoms with Crippen molar-refractivity contribution in [2.24, 2.45) is 0 Å². The molecule has 114 valence electrons. The van der Waals surface area contributed by atoms with Gasteiger partial charge in [0, 0.05) is 16.9 Å². The topological polar surface area (TPSA) is 68.3 Å². The van der Waals surface area contributed by atoms with E-state index in [1.54, 1.807) is 12.1 Å². The van der Waals surface area contributed by atoms with Crippen LogP contribution in [0.25, 0.3) is 0 Å². The number of nitrogens with zero attached hydrogens (tertiary/aromatic N) is 1. The molecule has 1 aromatic heterocycles. The number of carbonyl (C=O) groups is 2. The van der Waals surface area contributed by atoms with Crippen molar-refractivity contribution in [3.63, 3.8) is 0 Å². The van der Waals surface area contributed by atoms with Gasteiger partial charge in [0.1, 0.15) is 5.82 Å². The van der Waals surface area contributed by atoms with Crippen molar-refractivity contribution in [1.29, 1.82) is 0 Å². The molecule has 0 saturated heterocycles. The Labute approximate surface area is 134 Å². The van der Waals surface area contributed by atoms with E-state index in [9.17, 15) is 14.0 Å². The molecular formula is C15H12BrFN2O3. The van der Waals surface area contributed by atoms with Crippen LogP contribution in [0.2, 0.25) is 0 Å². The van der Waals surface area contributed by atoms with E-state index < -0.39 is 23.8 Å². The highest BCUT2D eigenvalue weighted by molar-refractivity contribution is 9.10. The standard InChI is InChI=1S/C15H12BrFN2O3/c1-9(22-15(21)10-3-2-6-18-8-10)14(20)19-13-5-4-11(16)7-12(13)17/h2-9H,1H3,(H,19,20). The minimum Gasteiger partial charge on any atom is -0.449 e. The maximum absolute atomic E-state index is 13.6. The van der Waals surface area contributed by atoms with Crippen LogP contribution in [-0.4, -0.2) is 23.0 Å². The van der Waals surface area contributed by atoms with Crippen LogP contribution in [0.3, 0.4) is 0 Å². The fourth-order valence-electron chi connectivity index (χ4n) is 1.59. The number of amides is 1. The largest absolute Gasteiger partial charge is 0.449 e. The Morgan fingerprint density at radius 2 is 2.14 bits per heavy atom. The molecule has 2 rings (SSSR count). The highest BCUT2D eigenvalue weighted by Crippen LogP contribution is 2.19. The van der Waals surface area contributed by atoms with Crippen molar-refractivity contribution in [3.8, 4) is 0 Å². The van der Waals surface area contributed by atoms with Crippen molar-refractivity contribution in [1.82, 2.24) is 4.98 Å². The number of nitrogens with one attached hydrogen (secondary N) is 1. The van der Waals surface area contributed by atoms with Crippen LogP contribution in [-0.2, 0) is 9.53 Å². The Morgan fingerprint density at radius 1 is 1.36 bits per heavy atom. The highest BCUT2D eigenvalue weighted by Gasteiger charge is 2.20. The molecule has 0 aliphatic heterocycles. The summed E-state index contributed by atoms with van der Waals surface area (Å²) in [7, 11) is 0. The molecule has 0 aliphatic carbocycles. The lowest BCUT2D eigenvalue weighted by molar-refractivity contribution is -0.123. The lowest BCUT2D eigenvalue weighted by Crippen LogP contribution is -2.30. The first-order chi connectivity index (χ1) is 10.5. The number of carbonyl (C=O) groups excluding carboxylic acids is 2. The summed E-state index contributed by atoms with van der Waals surface area (Å²) in [6, 6.07) is 7.33. The fraction of sp³-hybridized carbons (Fsp3) is 0.133. The average Bonchev–Trinajstić information content (AvgIpc) is 2.50.